The fourth-order valence-electron chi connectivity index (χ4n) is 2.98. The summed E-state index contributed by atoms with van der Waals surface area (Å²) in [5, 5.41) is 8.29. The number of hydrogen-bond acceptors (Lipinski definition) is 3. The molecule has 112 valence electrons. The summed E-state index contributed by atoms with van der Waals surface area (Å²) in [6.07, 6.45) is 2.02. The van der Waals surface area contributed by atoms with Gasteiger partial charge in [0.05, 0.1) is 11.7 Å². The van der Waals surface area contributed by atoms with Crippen LogP contribution in [0.5, 0.6) is 0 Å². The molecule has 0 aliphatic carbocycles. The molecule has 1 aromatic carbocycles. The molecule has 0 saturated carbocycles. The number of benzene rings is 1. The predicted octanol–water partition coefficient (Wildman–Crippen LogP) is 3.46. The molecule has 1 aromatic heterocycles. The fraction of sp³-hybridized carbons (Fsp3) is 0.471. The van der Waals surface area contributed by atoms with Gasteiger partial charge in [-0.05, 0) is 36.0 Å². The Bertz CT molecular complexity index is 636. The Balaban J connectivity index is 1.94. The Morgan fingerprint density at radius 1 is 1.33 bits per heavy atom. The molecule has 4 nitrogen and oxygen atoms in total. The third-order valence-corrected chi connectivity index (χ3v) is 3.81. The van der Waals surface area contributed by atoms with Gasteiger partial charge in [0.1, 0.15) is 5.82 Å². The highest BCUT2D eigenvalue weighted by molar-refractivity contribution is 5.45. The zero-order valence-corrected chi connectivity index (χ0v) is 13.1. The van der Waals surface area contributed by atoms with E-state index in [-0.39, 0.29) is 11.5 Å². The zero-order chi connectivity index (χ0) is 15.0. The maximum absolute atomic E-state index is 5.93. The van der Waals surface area contributed by atoms with Crippen molar-refractivity contribution < 1.29 is 0 Å². The van der Waals surface area contributed by atoms with E-state index in [1.54, 1.807) is 0 Å². The lowest BCUT2D eigenvalue weighted by atomic mass is 9.91. The van der Waals surface area contributed by atoms with E-state index in [0.717, 1.165) is 36.6 Å². The molecule has 0 radical (unpaired) electrons. The molecule has 3 N–H and O–H groups in total. The van der Waals surface area contributed by atoms with Gasteiger partial charge in [-0.2, -0.15) is 5.10 Å². The first-order chi connectivity index (χ1) is 9.92. The maximum Gasteiger partial charge on any atom is 0.125 e. The maximum atomic E-state index is 5.93. The molecular weight excluding hydrogens is 260 g/mol. The molecule has 3 rings (SSSR count). The molecule has 1 atom stereocenters. The third-order valence-electron chi connectivity index (χ3n) is 3.81. The van der Waals surface area contributed by atoms with Crippen molar-refractivity contribution in [1.29, 1.82) is 0 Å². The van der Waals surface area contributed by atoms with E-state index in [1.807, 2.05) is 12.1 Å². The molecule has 1 unspecified atom stereocenters. The number of nitrogen functional groups attached to an aromatic ring is 1. The normalized spacial score (nSPS) is 18.1. The molecule has 0 fully saturated rings. The number of nitrogens with zero attached hydrogens (tertiary/aromatic N) is 2. The van der Waals surface area contributed by atoms with Crippen LogP contribution in [0.3, 0.4) is 0 Å². The number of hydrogen-bond donors (Lipinski definition) is 2. The SMILES string of the molecule is CC(C)(C)Cc1cc2n(n1)C(c1cccc(N)c1)CCN2. The van der Waals surface area contributed by atoms with Gasteiger partial charge in [0.2, 0.25) is 0 Å². The van der Waals surface area contributed by atoms with Crippen LogP contribution in [-0.4, -0.2) is 16.3 Å². The van der Waals surface area contributed by atoms with Crippen LogP contribution in [0.2, 0.25) is 0 Å². The van der Waals surface area contributed by atoms with Crippen LogP contribution < -0.4 is 11.1 Å². The van der Waals surface area contributed by atoms with Gasteiger partial charge in [0, 0.05) is 18.3 Å². The fourth-order valence-corrected chi connectivity index (χ4v) is 2.98. The summed E-state index contributed by atoms with van der Waals surface area (Å²) < 4.78 is 2.12. The summed E-state index contributed by atoms with van der Waals surface area (Å²) in [5.74, 6) is 1.12. The molecule has 0 amide bonds. The van der Waals surface area contributed by atoms with Crippen LogP contribution in [0.15, 0.2) is 30.3 Å². The molecule has 0 spiro atoms. The first-order valence-corrected chi connectivity index (χ1v) is 7.60. The van der Waals surface area contributed by atoms with Crippen molar-refractivity contribution in [1.82, 2.24) is 9.78 Å². The highest BCUT2D eigenvalue weighted by Crippen LogP contribution is 2.32. The number of aromatic nitrogens is 2. The van der Waals surface area contributed by atoms with Crippen LogP contribution in [0.1, 0.15) is 44.5 Å². The first kappa shape index (κ1) is 14.0. The van der Waals surface area contributed by atoms with Gasteiger partial charge in [-0.3, -0.25) is 0 Å². The number of nitrogens with two attached hydrogens (primary N) is 1. The predicted molar refractivity (Wildman–Crippen MR) is 87.5 cm³/mol. The lowest BCUT2D eigenvalue weighted by Gasteiger charge is -2.26. The lowest BCUT2D eigenvalue weighted by Crippen LogP contribution is -2.24. The number of anilines is 2. The van der Waals surface area contributed by atoms with Crippen LogP contribution in [0, 0.1) is 5.41 Å². The largest absolute Gasteiger partial charge is 0.399 e. The second-order valence-corrected chi connectivity index (χ2v) is 7.10. The molecule has 21 heavy (non-hydrogen) atoms. The number of rotatable bonds is 2. The average molecular weight is 284 g/mol. The molecule has 1 aliphatic heterocycles. The standard InChI is InChI=1S/C17H24N4/c1-17(2,3)11-14-10-16-19-8-7-15(21(16)20-14)12-5-4-6-13(18)9-12/h4-6,9-10,15,19H,7-8,11,18H2,1-3H3. The van der Waals surface area contributed by atoms with Crippen molar-refractivity contribution in [3.8, 4) is 0 Å². The highest BCUT2D eigenvalue weighted by atomic mass is 15.4. The molecule has 2 aromatic rings. The Kier molecular flexibility index (Phi) is 3.40. The molecular formula is C17H24N4. The van der Waals surface area contributed by atoms with Gasteiger partial charge in [0.25, 0.3) is 0 Å². The number of fused-ring (bicyclic) bond motifs is 1. The van der Waals surface area contributed by atoms with Gasteiger partial charge >= 0.3 is 0 Å². The summed E-state index contributed by atoms with van der Waals surface area (Å²) in [6.45, 7) is 7.70. The number of nitrogens with one attached hydrogen (secondary N) is 1. The minimum Gasteiger partial charge on any atom is -0.399 e. The highest BCUT2D eigenvalue weighted by Gasteiger charge is 2.24. The molecule has 2 heterocycles. The Morgan fingerprint density at radius 3 is 2.86 bits per heavy atom. The van der Waals surface area contributed by atoms with E-state index >= 15 is 0 Å². The molecule has 1 aliphatic rings. The van der Waals surface area contributed by atoms with Crippen molar-refractivity contribution in [2.45, 2.75) is 39.7 Å². The van der Waals surface area contributed by atoms with Gasteiger partial charge in [-0.15, -0.1) is 0 Å². The second-order valence-electron chi connectivity index (χ2n) is 7.10. The third kappa shape index (κ3) is 3.04. The Labute approximate surface area is 126 Å². The van der Waals surface area contributed by atoms with Crippen LogP contribution in [0.25, 0.3) is 0 Å². The molecule has 0 saturated heterocycles. The van der Waals surface area contributed by atoms with E-state index in [2.05, 4.69) is 49.0 Å². The summed E-state index contributed by atoms with van der Waals surface area (Å²) in [5.41, 5.74) is 9.38. The van der Waals surface area contributed by atoms with Crippen molar-refractivity contribution in [3.63, 3.8) is 0 Å². The van der Waals surface area contributed by atoms with Gasteiger partial charge in [-0.1, -0.05) is 32.9 Å². The van der Waals surface area contributed by atoms with E-state index in [9.17, 15) is 0 Å². The van der Waals surface area contributed by atoms with Crippen molar-refractivity contribution >= 4 is 11.5 Å². The van der Waals surface area contributed by atoms with Crippen molar-refractivity contribution in [3.05, 3.63) is 41.6 Å². The van der Waals surface area contributed by atoms with E-state index in [0.29, 0.717) is 0 Å². The van der Waals surface area contributed by atoms with E-state index in [1.165, 1.54) is 5.56 Å². The average Bonchev–Trinajstić information content (AvgIpc) is 2.78. The minimum absolute atomic E-state index is 0.247. The van der Waals surface area contributed by atoms with Crippen LogP contribution in [0.4, 0.5) is 11.5 Å². The monoisotopic (exact) mass is 284 g/mol. The summed E-state index contributed by atoms with van der Waals surface area (Å²) in [4.78, 5) is 0. The van der Waals surface area contributed by atoms with Gasteiger partial charge in [0.15, 0.2) is 0 Å². The van der Waals surface area contributed by atoms with Crippen LogP contribution >= 0.6 is 0 Å². The quantitative estimate of drug-likeness (QED) is 0.830. The summed E-state index contributed by atoms with van der Waals surface area (Å²) >= 11 is 0. The minimum atomic E-state index is 0.247. The Morgan fingerprint density at radius 2 is 2.14 bits per heavy atom. The first-order valence-electron chi connectivity index (χ1n) is 7.60. The second kappa shape index (κ2) is 5.10. The topological polar surface area (TPSA) is 55.9 Å². The molecule has 0 bridgehead atoms. The van der Waals surface area contributed by atoms with Gasteiger partial charge < -0.3 is 11.1 Å². The zero-order valence-electron chi connectivity index (χ0n) is 13.1. The van der Waals surface area contributed by atoms with Crippen LogP contribution in [-0.2, 0) is 6.42 Å². The summed E-state index contributed by atoms with van der Waals surface area (Å²) in [6, 6.07) is 10.6. The van der Waals surface area contributed by atoms with Crippen molar-refractivity contribution in [2.24, 2.45) is 5.41 Å². The summed E-state index contributed by atoms with van der Waals surface area (Å²) in [7, 11) is 0. The van der Waals surface area contributed by atoms with Gasteiger partial charge in [-0.25, -0.2) is 4.68 Å². The lowest BCUT2D eigenvalue weighted by molar-refractivity contribution is 0.399. The Hall–Kier alpha value is -1.97. The molecule has 4 heteroatoms. The van der Waals surface area contributed by atoms with Crippen molar-refractivity contribution in [2.75, 3.05) is 17.6 Å². The smallest absolute Gasteiger partial charge is 0.125 e. The van der Waals surface area contributed by atoms with E-state index < -0.39 is 0 Å². The van der Waals surface area contributed by atoms with E-state index in [4.69, 9.17) is 10.8 Å².